The normalized spacial score (nSPS) is 19.1. The third-order valence-corrected chi connectivity index (χ3v) is 10.5. The van der Waals surface area contributed by atoms with Gasteiger partial charge < -0.3 is 10.2 Å². The van der Waals surface area contributed by atoms with Crippen LogP contribution in [0, 0.1) is 17.6 Å². The van der Waals surface area contributed by atoms with Crippen molar-refractivity contribution in [3.8, 4) is 0 Å². The lowest BCUT2D eigenvalue weighted by Gasteiger charge is -2.31. The number of amides is 3. The summed E-state index contributed by atoms with van der Waals surface area (Å²) in [4.78, 5) is 57.7. The molecule has 0 spiro atoms. The molecule has 3 atom stereocenters. The van der Waals surface area contributed by atoms with E-state index in [-0.39, 0.29) is 12.2 Å². The van der Waals surface area contributed by atoms with Crippen molar-refractivity contribution in [2.24, 2.45) is 5.92 Å². The number of thiazole rings is 1. The van der Waals surface area contributed by atoms with Crippen molar-refractivity contribution in [1.82, 2.24) is 4.57 Å². The second-order valence-electron chi connectivity index (χ2n) is 10.5. The van der Waals surface area contributed by atoms with Crippen LogP contribution in [0.1, 0.15) is 30.2 Å². The Morgan fingerprint density at radius 1 is 0.864 bits per heavy atom. The first-order chi connectivity index (χ1) is 21.2. The Hall–Kier alpha value is -4.29. The minimum Gasteiger partial charge on any atom is -0.372 e. The van der Waals surface area contributed by atoms with Crippen molar-refractivity contribution in [2.45, 2.75) is 36.6 Å². The molecule has 3 aromatic carbocycles. The molecule has 1 fully saturated rings. The van der Waals surface area contributed by atoms with E-state index in [2.05, 4.69) is 24.1 Å². The van der Waals surface area contributed by atoms with E-state index in [1.807, 2.05) is 24.3 Å². The maximum atomic E-state index is 14.0. The van der Waals surface area contributed by atoms with Gasteiger partial charge in [-0.1, -0.05) is 35.2 Å². The zero-order chi connectivity index (χ0) is 31.1. The maximum Gasteiger partial charge on any atom is 0.308 e. The smallest absolute Gasteiger partial charge is 0.308 e. The molecule has 4 aromatic rings. The summed E-state index contributed by atoms with van der Waals surface area (Å²) in [5.41, 5.74) is 2.42. The van der Waals surface area contributed by atoms with Gasteiger partial charge in [0.15, 0.2) is 0 Å². The Morgan fingerprint density at radius 2 is 1.48 bits per heavy atom. The second kappa shape index (κ2) is 12.0. The lowest BCUT2D eigenvalue weighted by Crippen LogP contribution is -2.33. The van der Waals surface area contributed by atoms with E-state index in [0.29, 0.717) is 15.6 Å². The predicted molar refractivity (Wildman–Crippen MR) is 167 cm³/mol. The maximum absolute atomic E-state index is 14.0. The van der Waals surface area contributed by atoms with E-state index in [9.17, 15) is 28.0 Å². The van der Waals surface area contributed by atoms with Gasteiger partial charge in [-0.3, -0.25) is 23.7 Å². The molecule has 3 heterocycles. The molecule has 226 valence electrons. The van der Waals surface area contributed by atoms with Crippen LogP contribution in [0.2, 0.25) is 0 Å². The van der Waals surface area contributed by atoms with E-state index in [0.717, 1.165) is 52.3 Å². The minimum absolute atomic E-state index is 0.270. The first-order valence-electron chi connectivity index (χ1n) is 14.1. The molecule has 6 rings (SSSR count). The number of fused-ring (bicyclic) bond motifs is 2. The average Bonchev–Trinajstić information content (AvgIpc) is 3.46. The molecule has 12 heteroatoms. The Morgan fingerprint density at radius 3 is 2.09 bits per heavy atom. The van der Waals surface area contributed by atoms with Crippen LogP contribution in [-0.2, 0) is 20.9 Å². The molecule has 1 N–H and O–H groups in total. The molecule has 3 amide bonds. The highest BCUT2D eigenvalue weighted by Gasteiger charge is 2.56. The van der Waals surface area contributed by atoms with Crippen molar-refractivity contribution in [3.63, 3.8) is 0 Å². The van der Waals surface area contributed by atoms with Crippen molar-refractivity contribution in [1.29, 1.82) is 0 Å². The Labute approximate surface area is 260 Å². The summed E-state index contributed by atoms with van der Waals surface area (Å²) < 4.78 is 28.4. The zero-order valence-corrected chi connectivity index (χ0v) is 25.5. The summed E-state index contributed by atoms with van der Waals surface area (Å²) in [5, 5.41) is 2.26. The first-order valence-corrected chi connectivity index (χ1v) is 15.8. The van der Waals surface area contributed by atoms with Crippen LogP contribution in [0.15, 0.2) is 82.6 Å². The number of anilines is 3. The Bertz CT molecular complexity index is 1780. The number of aromatic nitrogens is 1. The van der Waals surface area contributed by atoms with Gasteiger partial charge in [-0.25, -0.2) is 13.7 Å². The zero-order valence-electron chi connectivity index (χ0n) is 23.8. The second-order valence-corrected chi connectivity index (χ2v) is 12.6. The summed E-state index contributed by atoms with van der Waals surface area (Å²) in [5.74, 6) is -3.76. The van der Waals surface area contributed by atoms with Crippen LogP contribution in [0.5, 0.6) is 0 Å². The highest BCUT2D eigenvalue weighted by molar-refractivity contribution is 8.00. The Balaban J connectivity index is 1.41. The van der Waals surface area contributed by atoms with Crippen LogP contribution in [-0.4, -0.2) is 40.6 Å². The van der Waals surface area contributed by atoms with E-state index < -0.39 is 51.3 Å². The molecule has 0 aliphatic carbocycles. The molecule has 44 heavy (non-hydrogen) atoms. The van der Waals surface area contributed by atoms with Gasteiger partial charge in [0, 0.05) is 35.3 Å². The SMILES string of the molecule is CCN(CC)c1ccc([C@H]2c3sc(=O)n(CC(=O)Nc4ccc(F)cc4)c3SC3C(=O)N(c4ccc(F)cc4)C(=O)C32)cc1. The van der Waals surface area contributed by atoms with Crippen molar-refractivity contribution in [2.75, 3.05) is 28.2 Å². The van der Waals surface area contributed by atoms with Gasteiger partial charge in [0.25, 0.3) is 0 Å². The lowest BCUT2D eigenvalue weighted by atomic mass is 9.83. The van der Waals surface area contributed by atoms with Gasteiger partial charge >= 0.3 is 4.87 Å². The molecular weight excluding hydrogens is 607 g/mol. The number of rotatable bonds is 8. The summed E-state index contributed by atoms with van der Waals surface area (Å²) in [6, 6.07) is 18.2. The molecule has 2 aliphatic heterocycles. The van der Waals surface area contributed by atoms with E-state index in [1.54, 1.807) is 0 Å². The molecule has 1 aromatic heterocycles. The fraction of sp³-hybridized carbons (Fsp3) is 0.250. The van der Waals surface area contributed by atoms with Gasteiger partial charge in [-0.05, 0) is 80.1 Å². The molecular formula is C32H28F2N4O4S2. The number of carbonyl (C=O) groups is 3. The fourth-order valence-corrected chi connectivity index (χ4v) is 8.59. The van der Waals surface area contributed by atoms with Crippen molar-refractivity contribution >= 4 is 57.9 Å². The van der Waals surface area contributed by atoms with Crippen LogP contribution in [0.3, 0.4) is 0 Å². The fourth-order valence-electron chi connectivity index (χ4n) is 5.82. The average molecular weight is 635 g/mol. The third kappa shape index (κ3) is 5.32. The summed E-state index contributed by atoms with van der Waals surface area (Å²) in [7, 11) is 0. The standard InChI is InChI=1S/C32H28F2N4O4S2/c1-3-36(4-2)22-13-5-18(6-14-22)25-26-27(30(41)38(29(26)40)23-15-9-20(34)10-16-23)43-31-28(25)44-32(42)37(31)17-24(39)35-21-11-7-19(33)8-12-21/h5-16,25-27H,3-4,17H2,1-2H3,(H,35,39)/t25-,26?,27?/m1/s1. The van der Waals surface area contributed by atoms with E-state index >= 15 is 0 Å². The molecule has 0 bridgehead atoms. The quantitative estimate of drug-likeness (QED) is 0.259. The lowest BCUT2D eigenvalue weighted by molar-refractivity contribution is -0.122. The van der Waals surface area contributed by atoms with Crippen LogP contribution < -0.4 is 20.0 Å². The third-order valence-electron chi connectivity index (χ3n) is 7.94. The molecule has 8 nitrogen and oxygen atoms in total. The monoisotopic (exact) mass is 634 g/mol. The molecule has 0 saturated carbocycles. The van der Waals surface area contributed by atoms with Gasteiger partial charge in [0.1, 0.15) is 23.4 Å². The number of hydrogen-bond acceptors (Lipinski definition) is 7. The number of benzene rings is 3. The number of carbonyl (C=O) groups excluding carboxylic acids is 3. The van der Waals surface area contributed by atoms with E-state index in [4.69, 9.17) is 0 Å². The van der Waals surface area contributed by atoms with Crippen LogP contribution in [0.25, 0.3) is 0 Å². The van der Waals surface area contributed by atoms with Gasteiger partial charge in [0.2, 0.25) is 17.7 Å². The number of hydrogen-bond donors (Lipinski definition) is 1. The molecule has 2 aliphatic rings. The minimum atomic E-state index is -0.868. The predicted octanol–water partition coefficient (Wildman–Crippen LogP) is 5.47. The number of nitrogens with one attached hydrogen (secondary N) is 1. The van der Waals surface area contributed by atoms with Crippen molar-refractivity contribution in [3.05, 3.63) is 105 Å². The Kier molecular flexibility index (Phi) is 8.12. The topological polar surface area (TPSA) is 91.7 Å². The molecule has 1 saturated heterocycles. The first kappa shape index (κ1) is 29.8. The van der Waals surface area contributed by atoms with Crippen LogP contribution >= 0.6 is 23.1 Å². The number of halogens is 2. The summed E-state index contributed by atoms with van der Waals surface area (Å²) in [6.07, 6.45) is 0. The van der Waals surface area contributed by atoms with Gasteiger partial charge in [0.05, 0.1) is 16.6 Å². The molecule has 2 unspecified atom stereocenters. The highest BCUT2D eigenvalue weighted by atomic mass is 32.2. The number of thioether (sulfide) groups is 1. The van der Waals surface area contributed by atoms with Gasteiger partial charge in [-0.2, -0.15) is 0 Å². The summed E-state index contributed by atoms with van der Waals surface area (Å²) >= 11 is 2.06. The number of imide groups is 1. The van der Waals surface area contributed by atoms with Crippen LogP contribution in [0.4, 0.5) is 25.8 Å². The molecule has 0 radical (unpaired) electrons. The van der Waals surface area contributed by atoms with Crippen molar-refractivity contribution < 1.29 is 23.2 Å². The largest absolute Gasteiger partial charge is 0.372 e. The highest BCUT2D eigenvalue weighted by Crippen LogP contribution is 2.54. The van der Waals surface area contributed by atoms with Gasteiger partial charge in [-0.15, -0.1) is 0 Å². The summed E-state index contributed by atoms with van der Waals surface area (Å²) in [6.45, 7) is 5.42. The number of nitrogens with zero attached hydrogens (tertiary/aromatic N) is 3. The van der Waals surface area contributed by atoms with E-state index in [1.165, 1.54) is 53.1 Å².